The van der Waals surface area contributed by atoms with Gasteiger partial charge in [-0.05, 0) is 29.3 Å². The summed E-state index contributed by atoms with van der Waals surface area (Å²) in [6.07, 6.45) is 0. The van der Waals surface area contributed by atoms with E-state index in [0.717, 1.165) is 5.56 Å². The second-order valence-corrected chi connectivity index (χ2v) is 4.75. The number of rotatable bonds is 1. The second kappa shape index (κ2) is 3.58. The number of hydrogen-bond acceptors (Lipinski definition) is 2. The Labute approximate surface area is 100 Å². The van der Waals surface area contributed by atoms with E-state index in [1.807, 2.05) is 6.07 Å². The summed E-state index contributed by atoms with van der Waals surface area (Å²) >= 11 is 0. The molecule has 2 aromatic carbocycles. The van der Waals surface area contributed by atoms with Gasteiger partial charge in [0.15, 0.2) is 0 Å². The van der Waals surface area contributed by atoms with Crippen LogP contribution in [0.2, 0.25) is 0 Å². The van der Waals surface area contributed by atoms with Crippen molar-refractivity contribution in [1.29, 1.82) is 5.26 Å². The number of aryl methyl sites for hydroxylation is 1. The van der Waals surface area contributed by atoms with Crippen molar-refractivity contribution >= 4 is 10.8 Å². The van der Waals surface area contributed by atoms with Crippen molar-refractivity contribution in [2.45, 2.75) is 12.3 Å². The minimum Gasteiger partial charge on any atom is -0.377 e. The first kappa shape index (κ1) is 10.3. The zero-order valence-electron chi connectivity index (χ0n) is 9.73. The topological polar surface area (TPSA) is 33.0 Å². The Morgan fingerprint density at radius 2 is 1.82 bits per heavy atom. The fraction of sp³-hybridized carbons (Fsp3) is 0.267. The molecule has 84 valence electrons. The van der Waals surface area contributed by atoms with Gasteiger partial charge in [0.1, 0.15) is 5.41 Å². The molecule has 1 heterocycles. The highest BCUT2D eigenvalue weighted by Crippen LogP contribution is 2.33. The molecule has 0 N–H and O–H groups in total. The monoisotopic (exact) mass is 223 g/mol. The molecular weight excluding hydrogens is 210 g/mol. The molecule has 1 saturated heterocycles. The lowest BCUT2D eigenvalue weighted by Gasteiger charge is -2.35. The van der Waals surface area contributed by atoms with E-state index < -0.39 is 5.41 Å². The SMILES string of the molecule is Cc1ccc2cc(C3(C#N)COC3)ccc2c1. The van der Waals surface area contributed by atoms with E-state index >= 15 is 0 Å². The van der Waals surface area contributed by atoms with E-state index in [2.05, 4.69) is 43.3 Å². The zero-order chi connectivity index (χ0) is 11.9. The summed E-state index contributed by atoms with van der Waals surface area (Å²) in [6, 6.07) is 15.0. The molecule has 0 bridgehead atoms. The summed E-state index contributed by atoms with van der Waals surface area (Å²) in [5.41, 5.74) is 1.91. The third kappa shape index (κ3) is 1.51. The molecular formula is C15H13NO. The molecule has 0 amide bonds. The van der Waals surface area contributed by atoms with Crippen LogP contribution in [0.25, 0.3) is 10.8 Å². The zero-order valence-corrected chi connectivity index (χ0v) is 9.73. The van der Waals surface area contributed by atoms with E-state index in [1.54, 1.807) is 0 Å². The molecule has 2 heteroatoms. The van der Waals surface area contributed by atoms with Gasteiger partial charge in [0.25, 0.3) is 0 Å². The summed E-state index contributed by atoms with van der Waals surface area (Å²) in [7, 11) is 0. The average molecular weight is 223 g/mol. The maximum atomic E-state index is 9.28. The number of benzene rings is 2. The largest absolute Gasteiger partial charge is 0.377 e. The van der Waals surface area contributed by atoms with Crippen LogP contribution < -0.4 is 0 Å². The van der Waals surface area contributed by atoms with E-state index in [4.69, 9.17) is 4.74 Å². The van der Waals surface area contributed by atoms with Gasteiger partial charge < -0.3 is 4.74 Å². The molecule has 0 saturated carbocycles. The lowest BCUT2D eigenvalue weighted by atomic mass is 9.79. The summed E-state index contributed by atoms with van der Waals surface area (Å²) < 4.78 is 5.19. The summed E-state index contributed by atoms with van der Waals surface area (Å²) in [5, 5.41) is 11.7. The van der Waals surface area contributed by atoms with Crippen LogP contribution in [0.1, 0.15) is 11.1 Å². The molecule has 0 aliphatic carbocycles. The molecule has 2 nitrogen and oxygen atoms in total. The van der Waals surface area contributed by atoms with Gasteiger partial charge >= 0.3 is 0 Å². The summed E-state index contributed by atoms with van der Waals surface area (Å²) in [4.78, 5) is 0. The third-order valence-electron chi connectivity index (χ3n) is 3.46. The number of fused-ring (bicyclic) bond motifs is 1. The number of nitriles is 1. The number of nitrogens with zero attached hydrogens (tertiary/aromatic N) is 1. The molecule has 0 radical (unpaired) electrons. The molecule has 0 aromatic heterocycles. The Morgan fingerprint density at radius 3 is 2.47 bits per heavy atom. The maximum Gasteiger partial charge on any atom is 0.129 e. The molecule has 1 aliphatic heterocycles. The Kier molecular flexibility index (Phi) is 2.17. The van der Waals surface area contributed by atoms with Crippen LogP contribution in [-0.2, 0) is 10.2 Å². The first-order chi connectivity index (χ1) is 8.23. The minimum atomic E-state index is -0.418. The molecule has 17 heavy (non-hydrogen) atoms. The average Bonchev–Trinajstić information content (AvgIpc) is 2.28. The van der Waals surface area contributed by atoms with Gasteiger partial charge in [-0.3, -0.25) is 0 Å². The van der Waals surface area contributed by atoms with Crippen molar-refractivity contribution in [3.63, 3.8) is 0 Å². The van der Waals surface area contributed by atoms with Gasteiger partial charge in [-0.2, -0.15) is 5.26 Å². The normalized spacial score (nSPS) is 17.4. The Bertz CT molecular complexity index is 620. The fourth-order valence-corrected chi connectivity index (χ4v) is 2.26. The van der Waals surface area contributed by atoms with Gasteiger partial charge in [-0.25, -0.2) is 0 Å². The van der Waals surface area contributed by atoms with Gasteiger partial charge in [0.2, 0.25) is 0 Å². The lowest BCUT2D eigenvalue weighted by Crippen LogP contribution is -2.45. The van der Waals surface area contributed by atoms with E-state index in [0.29, 0.717) is 13.2 Å². The standard InChI is InChI=1S/C15H13NO/c1-11-2-3-13-7-14(5-4-12(13)6-11)15(8-16)9-17-10-15/h2-7H,9-10H2,1H3. The van der Waals surface area contributed by atoms with Crippen LogP contribution in [0, 0.1) is 18.3 Å². The van der Waals surface area contributed by atoms with Crippen LogP contribution >= 0.6 is 0 Å². The van der Waals surface area contributed by atoms with E-state index in [-0.39, 0.29) is 0 Å². The van der Waals surface area contributed by atoms with Crippen LogP contribution in [0.4, 0.5) is 0 Å². The Balaban J connectivity index is 2.14. The summed E-state index contributed by atoms with van der Waals surface area (Å²) in [6.45, 7) is 3.12. The fourth-order valence-electron chi connectivity index (χ4n) is 2.26. The first-order valence-electron chi connectivity index (χ1n) is 5.73. The lowest BCUT2D eigenvalue weighted by molar-refractivity contribution is -0.0297. The molecule has 1 aliphatic rings. The molecule has 2 aromatic rings. The summed E-state index contributed by atoms with van der Waals surface area (Å²) in [5.74, 6) is 0. The predicted molar refractivity (Wildman–Crippen MR) is 66.8 cm³/mol. The van der Waals surface area contributed by atoms with Gasteiger partial charge in [0, 0.05) is 0 Å². The van der Waals surface area contributed by atoms with Gasteiger partial charge in [-0.15, -0.1) is 0 Å². The maximum absolute atomic E-state index is 9.28. The highest BCUT2D eigenvalue weighted by Gasteiger charge is 2.40. The van der Waals surface area contributed by atoms with Crippen LogP contribution in [0.3, 0.4) is 0 Å². The van der Waals surface area contributed by atoms with Crippen molar-refractivity contribution in [2.24, 2.45) is 0 Å². The van der Waals surface area contributed by atoms with Crippen LogP contribution in [0.15, 0.2) is 36.4 Å². The third-order valence-corrected chi connectivity index (χ3v) is 3.46. The van der Waals surface area contributed by atoms with Crippen LogP contribution in [-0.4, -0.2) is 13.2 Å². The molecule has 3 rings (SSSR count). The minimum absolute atomic E-state index is 0.418. The Morgan fingerprint density at radius 1 is 1.12 bits per heavy atom. The molecule has 0 unspecified atom stereocenters. The van der Waals surface area contributed by atoms with Crippen molar-refractivity contribution < 1.29 is 4.74 Å². The highest BCUT2D eigenvalue weighted by molar-refractivity contribution is 5.84. The Hall–Kier alpha value is -1.85. The number of ether oxygens (including phenoxy) is 1. The first-order valence-corrected chi connectivity index (χ1v) is 5.73. The predicted octanol–water partition coefficient (Wildman–Crippen LogP) is 2.94. The highest BCUT2D eigenvalue weighted by atomic mass is 16.5. The van der Waals surface area contributed by atoms with Gasteiger partial charge in [0.05, 0.1) is 19.3 Å². The van der Waals surface area contributed by atoms with Crippen LogP contribution in [0.5, 0.6) is 0 Å². The van der Waals surface area contributed by atoms with Gasteiger partial charge in [-0.1, -0.05) is 35.9 Å². The molecule has 0 atom stereocenters. The van der Waals surface area contributed by atoms with E-state index in [9.17, 15) is 5.26 Å². The smallest absolute Gasteiger partial charge is 0.129 e. The van der Waals surface area contributed by atoms with Crippen molar-refractivity contribution in [2.75, 3.05) is 13.2 Å². The second-order valence-electron chi connectivity index (χ2n) is 4.75. The van der Waals surface area contributed by atoms with Crippen molar-refractivity contribution in [3.05, 3.63) is 47.5 Å². The number of hydrogen-bond donors (Lipinski definition) is 0. The molecule has 0 spiro atoms. The van der Waals surface area contributed by atoms with Crippen molar-refractivity contribution in [3.8, 4) is 6.07 Å². The van der Waals surface area contributed by atoms with E-state index in [1.165, 1.54) is 16.3 Å². The quantitative estimate of drug-likeness (QED) is 0.744. The van der Waals surface area contributed by atoms with Crippen molar-refractivity contribution in [1.82, 2.24) is 0 Å². The molecule has 1 fully saturated rings.